The van der Waals surface area contributed by atoms with Crippen molar-refractivity contribution in [3.05, 3.63) is 54.1 Å². The highest BCUT2D eigenvalue weighted by atomic mass is 16.5. The van der Waals surface area contributed by atoms with E-state index in [4.69, 9.17) is 14.2 Å². The van der Waals surface area contributed by atoms with Crippen LogP contribution in [0.4, 0.5) is 5.69 Å². The van der Waals surface area contributed by atoms with E-state index in [0.29, 0.717) is 37.0 Å². The lowest BCUT2D eigenvalue weighted by Gasteiger charge is -2.12. The van der Waals surface area contributed by atoms with Crippen molar-refractivity contribution in [3.63, 3.8) is 0 Å². The van der Waals surface area contributed by atoms with Crippen LogP contribution in [-0.2, 0) is 4.79 Å². The maximum Gasteiger partial charge on any atom is 0.248 e. The van der Waals surface area contributed by atoms with Gasteiger partial charge in [-0.3, -0.25) is 4.79 Å². The van der Waals surface area contributed by atoms with Crippen molar-refractivity contribution in [3.8, 4) is 17.2 Å². The SMILES string of the molecule is CCOc1ccc(/C=C/C(=O)Nc2cc(OCC)ccc2OCC)cc1. The summed E-state index contributed by atoms with van der Waals surface area (Å²) in [6, 6.07) is 12.9. The maximum absolute atomic E-state index is 12.3. The van der Waals surface area contributed by atoms with Gasteiger partial charge in [0.25, 0.3) is 0 Å². The second kappa shape index (κ2) is 10.1. The van der Waals surface area contributed by atoms with Crippen LogP contribution in [-0.4, -0.2) is 25.7 Å². The third kappa shape index (κ3) is 5.84. The standard InChI is InChI=1S/C21H25NO4/c1-4-24-17-10-7-16(8-11-17)9-14-21(23)22-19-15-18(25-5-2)12-13-20(19)26-6-3/h7-15H,4-6H2,1-3H3,(H,22,23)/b14-9+. The van der Waals surface area contributed by atoms with Gasteiger partial charge in [0.2, 0.25) is 5.91 Å². The molecule has 0 saturated carbocycles. The molecule has 0 aromatic heterocycles. The summed E-state index contributed by atoms with van der Waals surface area (Å²) in [5.41, 5.74) is 1.50. The Balaban J connectivity index is 2.06. The fourth-order valence-corrected chi connectivity index (χ4v) is 2.33. The summed E-state index contributed by atoms with van der Waals surface area (Å²) in [5, 5.41) is 2.84. The highest BCUT2D eigenvalue weighted by Gasteiger charge is 2.08. The smallest absolute Gasteiger partial charge is 0.248 e. The minimum Gasteiger partial charge on any atom is -0.494 e. The van der Waals surface area contributed by atoms with Gasteiger partial charge in [-0.25, -0.2) is 0 Å². The Morgan fingerprint density at radius 2 is 1.50 bits per heavy atom. The molecule has 0 saturated heterocycles. The van der Waals surface area contributed by atoms with Crippen LogP contribution in [0.25, 0.3) is 6.08 Å². The number of benzene rings is 2. The van der Waals surface area contributed by atoms with Gasteiger partial charge >= 0.3 is 0 Å². The third-order valence-corrected chi connectivity index (χ3v) is 3.44. The molecule has 0 fully saturated rings. The third-order valence-electron chi connectivity index (χ3n) is 3.44. The number of amides is 1. The molecular weight excluding hydrogens is 330 g/mol. The lowest BCUT2D eigenvalue weighted by atomic mass is 10.2. The number of carbonyl (C=O) groups is 1. The second-order valence-corrected chi connectivity index (χ2v) is 5.35. The van der Waals surface area contributed by atoms with Crippen LogP contribution in [0.1, 0.15) is 26.3 Å². The van der Waals surface area contributed by atoms with Crippen LogP contribution >= 0.6 is 0 Å². The van der Waals surface area contributed by atoms with Crippen molar-refractivity contribution >= 4 is 17.7 Å². The summed E-state index contributed by atoms with van der Waals surface area (Å²) in [6.07, 6.45) is 3.23. The highest BCUT2D eigenvalue weighted by Crippen LogP contribution is 2.29. The summed E-state index contributed by atoms with van der Waals surface area (Å²) >= 11 is 0. The summed E-state index contributed by atoms with van der Waals surface area (Å²) in [6.45, 7) is 7.44. The molecule has 0 radical (unpaired) electrons. The molecule has 0 unspecified atom stereocenters. The first-order chi connectivity index (χ1) is 12.7. The van der Waals surface area contributed by atoms with Gasteiger partial charge in [-0.1, -0.05) is 12.1 Å². The molecule has 0 bridgehead atoms. The average molecular weight is 355 g/mol. The van der Waals surface area contributed by atoms with Gasteiger partial charge in [0.15, 0.2) is 0 Å². The lowest BCUT2D eigenvalue weighted by Crippen LogP contribution is -2.10. The van der Waals surface area contributed by atoms with E-state index in [1.807, 2.05) is 51.1 Å². The molecule has 2 aromatic carbocycles. The van der Waals surface area contributed by atoms with Gasteiger partial charge in [0, 0.05) is 12.1 Å². The molecule has 0 aliphatic rings. The lowest BCUT2D eigenvalue weighted by molar-refractivity contribution is -0.111. The largest absolute Gasteiger partial charge is 0.494 e. The number of rotatable bonds is 9. The zero-order chi connectivity index (χ0) is 18.8. The Labute approximate surface area is 154 Å². The minimum atomic E-state index is -0.242. The van der Waals surface area contributed by atoms with Crippen molar-refractivity contribution in [1.82, 2.24) is 0 Å². The summed E-state index contributed by atoms with van der Waals surface area (Å²) in [5.74, 6) is 1.86. The van der Waals surface area contributed by atoms with E-state index in [9.17, 15) is 4.79 Å². The zero-order valence-electron chi connectivity index (χ0n) is 15.5. The topological polar surface area (TPSA) is 56.8 Å². The first kappa shape index (κ1) is 19.4. The predicted molar refractivity (Wildman–Crippen MR) is 104 cm³/mol. The monoisotopic (exact) mass is 355 g/mol. The van der Waals surface area contributed by atoms with Crippen LogP contribution in [0.2, 0.25) is 0 Å². The molecule has 1 amide bonds. The van der Waals surface area contributed by atoms with Gasteiger partial charge in [-0.2, -0.15) is 0 Å². The van der Waals surface area contributed by atoms with Gasteiger partial charge in [0.1, 0.15) is 17.2 Å². The molecule has 138 valence electrons. The molecule has 1 N–H and O–H groups in total. The summed E-state index contributed by atoms with van der Waals surface area (Å²) in [4.78, 5) is 12.3. The fourth-order valence-electron chi connectivity index (χ4n) is 2.33. The van der Waals surface area contributed by atoms with Gasteiger partial charge < -0.3 is 19.5 Å². The number of carbonyl (C=O) groups excluding carboxylic acids is 1. The van der Waals surface area contributed by atoms with E-state index in [1.165, 1.54) is 6.08 Å². The molecule has 5 heteroatoms. The molecule has 26 heavy (non-hydrogen) atoms. The molecule has 0 aliphatic heterocycles. The fraction of sp³-hybridized carbons (Fsp3) is 0.286. The number of ether oxygens (including phenoxy) is 3. The second-order valence-electron chi connectivity index (χ2n) is 5.35. The molecule has 2 rings (SSSR count). The average Bonchev–Trinajstić information content (AvgIpc) is 2.64. The number of hydrogen-bond donors (Lipinski definition) is 1. The van der Waals surface area contributed by atoms with Crippen molar-refractivity contribution in [2.75, 3.05) is 25.1 Å². The van der Waals surface area contributed by atoms with Crippen molar-refractivity contribution in [1.29, 1.82) is 0 Å². The number of nitrogens with one attached hydrogen (secondary N) is 1. The Kier molecular flexibility index (Phi) is 7.55. The molecule has 0 aliphatic carbocycles. The van der Waals surface area contributed by atoms with Crippen molar-refractivity contribution < 1.29 is 19.0 Å². The Morgan fingerprint density at radius 1 is 0.885 bits per heavy atom. The van der Waals surface area contributed by atoms with Crippen LogP contribution in [0.5, 0.6) is 17.2 Å². The number of anilines is 1. The van der Waals surface area contributed by atoms with E-state index in [1.54, 1.807) is 18.2 Å². The first-order valence-corrected chi connectivity index (χ1v) is 8.77. The summed E-state index contributed by atoms with van der Waals surface area (Å²) < 4.78 is 16.4. The first-order valence-electron chi connectivity index (χ1n) is 8.77. The van der Waals surface area contributed by atoms with E-state index in [-0.39, 0.29) is 5.91 Å². The van der Waals surface area contributed by atoms with Crippen molar-refractivity contribution in [2.45, 2.75) is 20.8 Å². The number of hydrogen-bond acceptors (Lipinski definition) is 4. The molecule has 0 atom stereocenters. The van der Waals surface area contributed by atoms with Gasteiger partial charge in [-0.15, -0.1) is 0 Å². The predicted octanol–water partition coefficient (Wildman–Crippen LogP) is 4.53. The highest BCUT2D eigenvalue weighted by molar-refractivity contribution is 6.02. The Hall–Kier alpha value is -2.95. The summed E-state index contributed by atoms with van der Waals surface area (Å²) in [7, 11) is 0. The van der Waals surface area contributed by atoms with Crippen LogP contribution < -0.4 is 19.5 Å². The molecule has 5 nitrogen and oxygen atoms in total. The molecule has 0 heterocycles. The molecular formula is C21H25NO4. The zero-order valence-corrected chi connectivity index (χ0v) is 15.5. The van der Waals surface area contributed by atoms with E-state index < -0.39 is 0 Å². The van der Waals surface area contributed by atoms with Crippen molar-refractivity contribution in [2.24, 2.45) is 0 Å². The van der Waals surface area contributed by atoms with Gasteiger partial charge in [-0.05, 0) is 56.7 Å². The Morgan fingerprint density at radius 3 is 2.15 bits per heavy atom. The molecule has 0 spiro atoms. The van der Waals surface area contributed by atoms with E-state index in [2.05, 4.69) is 5.32 Å². The maximum atomic E-state index is 12.3. The van der Waals surface area contributed by atoms with E-state index >= 15 is 0 Å². The van der Waals surface area contributed by atoms with Gasteiger partial charge in [0.05, 0.1) is 25.5 Å². The van der Waals surface area contributed by atoms with E-state index in [0.717, 1.165) is 11.3 Å². The minimum absolute atomic E-state index is 0.242. The quantitative estimate of drug-likeness (QED) is 0.671. The molecule has 2 aromatic rings. The van der Waals surface area contributed by atoms with Crippen LogP contribution in [0.15, 0.2) is 48.5 Å². The van der Waals surface area contributed by atoms with Crippen LogP contribution in [0.3, 0.4) is 0 Å². The normalized spacial score (nSPS) is 10.6. The van der Waals surface area contributed by atoms with Crippen LogP contribution in [0, 0.1) is 0 Å². The Bertz CT molecular complexity index is 738.